The van der Waals surface area contributed by atoms with Crippen LogP contribution in [0.2, 0.25) is 0 Å². The summed E-state index contributed by atoms with van der Waals surface area (Å²) >= 11 is 3.19. The minimum absolute atomic E-state index is 0.0247. The summed E-state index contributed by atoms with van der Waals surface area (Å²) in [7, 11) is 5.82. The van der Waals surface area contributed by atoms with Crippen LogP contribution >= 0.6 is 15.9 Å². The van der Waals surface area contributed by atoms with Crippen molar-refractivity contribution in [2.24, 2.45) is 0 Å². The molecule has 1 aromatic rings. The molecular weight excluding hydrogens is 300 g/mol. The Morgan fingerprint density at radius 3 is 2.61 bits per heavy atom. The van der Waals surface area contributed by atoms with Gasteiger partial charge in [0.1, 0.15) is 0 Å². The molecule has 0 fully saturated rings. The second kappa shape index (κ2) is 6.65. The fourth-order valence-corrected chi connectivity index (χ4v) is 1.90. The highest BCUT2D eigenvalue weighted by atomic mass is 79.9. The van der Waals surface area contributed by atoms with Crippen molar-refractivity contribution in [2.45, 2.75) is 6.42 Å². The fourth-order valence-electron chi connectivity index (χ4n) is 1.58. The van der Waals surface area contributed by atoms with Crippen molar-refractivity contribution in [1.82, 2.24) is 9.88 Å². The van der Waals surface area contributed by atoms with E-state index in [0.29, 0.717) is 10.3 Å². The number of hydrogen-bond donors (Lipinski definition) is 0. The van der Waals surface area contributed by atoms with E-state index < -0.39 is 4.92 Å². The fraction of sp³-hybridized carbons (Fsp3) is 0.545. The Balaban J connectivity index is 2.78. The van der Waals surface area contributed by atoms with E-state index in [0.717, 1.165) is 19.5 Å². The van der Waals surface area contributed by atoms with E-state index in [1.165, 1.54) is 6.07 Å². The summed E-state index contributed by atoms with van der Waals surface area (Å²) in [5, 5.41) is 11.0. The number of nitro groups is 1. The lowest BCUT2D eigenvalue weighted by Crippen LogP contribution is -2.24. The van der Waals surface area contributed by atoms with Crippen molar-refractivity contribution in [3.63, 3.8) is 0 Å². The summed E-state index contributed by atoms with van der Waals surface area (Å²) in [6.07, 6.45) is 2.50. The molecule has 0 atom stereocenters. The Morgan fingerprint density at radius 1 is 1.39 bits per heavy atom. The van der Waals surface area contributed by atoms with Gasteiger partial charge in [0.05, 0.1) is 4.92 Å². The molecule has 0 radical (unpaired) electrons. The number of hydrogen-bond acceptors (Lipinski definition) is 5. The first kappa shape index (κ1) is 14.8. The summed E-state index contributed by atoms with van der Waals surface area (Å²) in [4.78, 5) is 18.6. The lowest BCUT2D eigenvalue weighted by Gasteiger charge is -2.19. The third-order valence-electron chi connectivity index (χ3n) is 2.47. The minimum Gasteiger partial charge on any atom is -0.354 e. The van der Waals surface area contributed by atoms with E-state index in [9.17, 15) is 10.1 Å². The third kappa shape index (κ3) is 4.23. The van der Waals surface area contributed by atoms with Crippen molar-refractivity contribution >= 4 is 27.4 Å². The lowest BCUT2D eigenvalue weighted by atomic mass is 10.3. The van der Waals surface area contributed by atoms with Gasteiger partial charge in [-0.25, -0.2) is 4.98 Å². The molecule has 0 saturated carbocycles. The van der Waals surface area contributed by atoms with Gasteiger partial charge < -0.3 is 9.80 Å². The van der Waals surface area contributed by atoms with Crippen molar-refractivity contribution in [2.75, 3.05) is 39.1 Å². The Labute approximate surface area is 115 Å². The molecule has 7 heteroatoms. The molecule has 0 aromatic carbocycles. The molecule has 0 saturated heterocycles. The van der Waals surface area contributed by atoms with Gasteiger partial charge in [-0.1, -0.05) is 0 Å². The largest absolute Gasteiger partial charge is 0.354 e. The number of aromatic nitrogens is 1. The van der Waals surface area contributed by atoms with Crippen molar-refractivity contribution < 1.29 is 4.92 Å². The van der Waals surface area contributed by atoms with Gasteiger partial charge in [0.15, 0.2) is 0 Å². The maximum absolute atomic E-state index is 11.0. The van der Waals surface area contributed by atoms with Crippen LogP contribution in [-0.4, -0.2) is 49.0 Å². The SMILES string of the molecule is CN(C)CCCN(C)c1ncc(Br)cc1[N+](=O)[O-]. The van der Waals surface area contributed by atoms with Crippen molar-refractivity contribution in [3.8, 4) is 0 Å². The van der Waals surface area contributed by atoms with Gasteiger partial charge in [0.2, 0.25) is 5.82 Å². The Kier molecular flexibility index (Phi) is 5.49. The standard InChI is InChI=1S/C11H17BrN4O2/c1-14(2)5-4-6-15(3)11-10(16(17)18)7-9(12)8-13-11/h7-8H,4-6H2,1-3H3. The van der Waals surface area contributed by atoms with Crippen LogP contribution in [0.25, 0.3) is 0 Å². The van der Waals surface area contributed by atoms with Gasteiger partial charge in [0, 0.05) is 30.3 Å². The van der Waals surface area contributed by atoms with E-state index in [4.69, 9.17) is 0 Å². The number of pyridine rings is 1. The molecule has 0 bridgehead atoms. The number of nitrogens with zero attached hydrogens (tertiary/aromatic N) is 4. The zero-order valence-electron chi connectivity index (χ0n) is 10.8. The topological polar surface area (TPSA) is 62.5 Å². The number of anilines is 1. The summed E-state index contributed by atoms with van der Waals surface area (Å²) in [6.45, 7) is 1.67. The van der Waals surface area contributed by atoms with Gasteiger partial charge in [-0.2, -0.15) is 0 Å². The Morgan fingerprint density at radius 2 is 2.06 bits per heavy atom. The highest BCUT2D eigenvalue weighted by Crippen LogP contribution is 2.27. The van der Waals surface area contributed by atoms with E-state index >= 15 is 0 Å². The van der Waals surface area contributed by atoms with Crippen LogP contribution < -0.4 is 4.90 Å². The van der Waals surface area contributed by atoms with Crippen molar-refractivity contribution in [3.05, 3.63) is 26.9 Å². The van der Waals surface area contributed by atoms with E-state index in [2.05, 4.69) is 25.8 Å². The second-order valence-electron chi connectivity index (χ2n) is 4.33. The molecular formula is C11H17BrN4O2. The van der Waals surface area contributed by atoms with Gasteiger partial charge in [-0.05, 0) is 43.0 Å². The average Bonchev–Trinajstić information content (AvgIpc) is 2.28. The lowest BCUT2D eigenvalue weighted by molar-refractivity contribution is -0.384. The molecule has 6 nitrogen and oxygen atoms in total. The van der Waals surface area contributed by atoms with Crippen LogP contribution in [0.5, 0.6) is 0 Å². The monoisotopic (exact) mass is 316 g/mol. The predicted molar refractivity (Wildman–Crippen MR) is 75.0 cm³/mol. The zero-order chi connectivity index (χ0) is 13.7. The predicted octanol–water partition coefficient (Wildman–Crippen LogP) is 2.14. The number of halogens is 1. The van der Waals surface area contributed by atoms with Gasteiger partial charge in [-0.15, -0.1) is 0 Å². The first-order valence-corrected chi connectivity index (χ1v) is 6.37. The maximum atomic E-state index is 11.0. The summed E-state index contributed by atoms with van der Waals surface area (Å²) in [6, 6.07) is 1.48. The molecule has 0 N–H and O–H groups in total. The molecule has 0 amide bonds. The zero-order valence-corrected chi connectivity index (χ0v) is 12.3. The quantitative estimate of drug-likeness (QED) is 0.594. The molecule has 1 rings (SSSR count). The smallest absolute Gasteiger partial charge is 0.312 e. The van der Waals surface area contributed by atoms with Crippen LogP contribution in [-0.2, 0) is 0 Å². The minimum atomic E-state index is -0.407. The molecule has 0 aliphatic heterocycles. The van der Waals surface area contributed by atoms with E-state index in [1.807, 2.05) is 26.0 Å². The van der Waals surface area contributed by atoms with Crippen molar-refractivity contribution in [1.29, 1.82) is 0 Å². The highest BCUT2D eigenvalue weighted by Gasteiger charge is 2.19. The molecule has 1 aromatic heterocycles. The van der Waals surface area contributed by atoms with Crippen LogP contribution in [0.1, 0.15) is 6.42 Å². The highest BCUT2D eigenvalue weighted by molar-refractivity contribution is 9.10. The van der Waals surface area contributed by atoms with E-state index in [-0.39, 0.29) is 5.69 Å². The molecule has 1 heterocycles. The van der Waals surface area contributed by atoms with Crippen LogP contribution in [0, 0.1) is 10.1 Å². The average molecular weight is 317 g/mol. The van der Waals surface area contributed by atoms with Crippen LogP contribution in [0.3, 0.4) is 0 Å². The molecule has 0 aliphatic rings. The van der Waals surface area contributed by atoms with Gasteiger partial charge in [-0.3, -0.25) is 10.1 Å². The van der Waals surface area contributed by atoms with Gasteiger partial charge >= 0.3 is 5.69 Å². The molecule has 100 valence electrons. The Bertz CT molecular complexity index is 426. The summed E-state index contributed by atoms with van der Waals surface area (Å²) < 4.78 is 0.611. The molecule has 0 aliphatic carbocycles. The van der Waals surface area contributed by atoms with Crippen LogP contribution in [0.4, 0.5) is 11.5 Å². The van der Waals surface area contributed by atoms with E-state index in [1.54, 1.807) is 6.20 Å². The first-order valence-electron chi connectivity index (χ1n) is 5.57. The Hall–Kier alpha value is -1.21. The normalized spacial score (nSPS) is 10.7. The maximum Gasteiger partial charge on any atom is 0.312 e. The molecule has 18 heavy (non-hydrogen) atoms. The third-order valence-corrected chi connectivity index (χ3v) is 2.90. The first-order chi connectivity index (χ1) is 8.41. The van der Waals surface area contributed by atoms with Crippen LogP contribution in [0.15, 0.2) is 16.7 Å². The second-order valence-corrected chi connectivity index (χ2v) is 5.25. The summed E-state index contributed by atoms with van der Waals surface area (Å²) in [5.41, 5.74) is 0.0247. The molecule has 0 unspecified atom stereocenters. The van der Waals surface area contributed by atoms with Gasteiger partial charge in [0.25, 0.3) is 0 Å². The molecule has 0 spiro atoms. The number of rotatable bonds is 6. The summed E-state index contributed by atoms with van der Waals surface area (Å²) in [5.74, 6) is 0.405.